The molecule has 0 aliphatic carbocycles. The quantitative estimate of drug-likeness (QED) is 0.682. The highest BCUT2D eigenvalue weighted by atomic mass is 32.2. The Labute approximate surface area is 167 Å². The Morgan fingerprint density at radius 3 is 2.04 bits per heavy atom. The fraction of sp³-hybridized carbons (Fsp3) is 0.333. The van der Waals surface area contributed by atoms with E-state index in [4.69, 9.17) is 5.26 Å². The van der Waals surface area contributed by atoms with Crippen LogP contribution in [0.3, 0.4) is 0 Å². The highest BCUT2D eigenvalue weighted by Crippen LogP contribution is 2.25. The first-order chi connectivity index (χ1) is 13.3. The van der Waals surface area contributed by atoms with Crippen molar-refractivity contribution in [3.63, 3.8) is 0 Å². The molecule has 0 N–H and O–H groups in total. The molecule has 0 atom stereocenters. The smallest absolute Gasteiger partial charge is 0.264 e. The van der Waals surface area contributed by atoms with Crippen LogP contribution < -0.4 is 4.31 Å². The van der Waals surface area contributed by atoms with E-state index in [1.807, 2.05) is 32.0 Å². The van der Waals surface area contributed by atoms with Gasteiger partial charge in [-0.25, -0.2) is 8.42 Å². The van der Waals surface area contributed by atoms with Gasteiger partial charge in [0.05, 0.1) is 23.1 Å². The summed E-state index contributed by atoms with van der Waals surface area (Å²) in [6, 6.07) is 15.8. The van der Waals surface area contributed by atoms with Crippen LogP contribution in [-0.4, -0.2) is 39.4 Å². The van der Waals surface area contributed by atoms with E-state index in [1.54, 1.807) is 43.4 Å². The fourth-order valence-corrected chi connectivity index (χ4v) is 4.13. The maximum atomic E-state index is 13.2. The summed E-state index contributed by atoms with van der Waals surface area (Å²) in [6.45, 7) is 4.17. The van der Waals surface area contributed by atoms with Gasteiger partial charge in [-0.3, -0.25) is 9.10 Å². The van der Waals surface area contributed by atoms with Crippen LogP contribution >= 0.6 is 0 Å². The second kappa shape index (κ2) is 9.38. The van der Waals surface area contributed by atoms with Crippen LogP contribution in [0.2, 0.25) is 0 Å². The lowest BCUT2D eigenvalue weighted by atomic mass is 10.2. The molecule has 0 aliphatic heterocycles. The minimum Gasteiger partial charge on any atom is -0.345 e. The number of sulfonamides is 1. The van der Waals surface area contributed by atoms with Crippen molar-refractivity contribution in [2.75, 3.05) is 24.4 Å². The standard InChI is InChI=1S/C21H25N3O3S/c1-17-5-9-19(10-6-17)24(16-13-21(25)23(3)15-4-14-22)28(26,27)20-11-7-18(2)8-12-20/h5-12H,4,13,15-16H2,1-3H3. The van der Waals surface area contributed by atoms with Gasteiger partial charge >= 0.3 is 0 Å². The first-order valence-corrected chi connectivity index (χ1v) is 10.5. The SMILES string of the molecule is Cc1ccc(N(CCC(=O)N(C)CCC#N)S(=O)(=O)c2ccc(C)cc2)cc1. The molecule has 0 aliphatic rings. The normalized spacial score (nSPS) is 10.9. The third kappa shape index (κ3) is 5.33. The summed E-state index contributed by atoms with van der Waals surface area (Å²) in [5.41, 5.74) is 2.50. The first-order valence-electron chi connectivity index (χ1n) is 9.02. The average Bonchev–Trinajstić information content (AvgIpc) is 2.67. The lowest BCUT2D eigenvalue weighted by Crippen LogP contribution is -2.36. The molecule has 2 rings (SSSR count). The Balaban J connectivity index is 2.30. The molecule has 0 spiro atoms. The van der Waals surface area contributed by atoms with Crippen molar-refractivity contribution in [2.24, 2.45) is 0 Å². The third-order valence-electron chi connectivity index (χ3n) is 4.44. The number of hydrogen-bond donors (Lipinski definition) is 0. The number of carbonyl (C=O) groups is 1. The van der Waals surface area contributed by atoms with Crippen molar-refractivity contribution < 1.29 is 13.2 Å². The van der Waals surface area contributed by atoms with E-state index in [2.05, 4.69) is 0 Å². The van der Waals surface area contributed by atoms with Crippen molar-refractivity contribution in [1.29, 1.82) is 5.26 Å². The van der Waals surface area contributed by atoms with Crippen molar-refractivity contribution in [3.8, 4) is 6.07 Å². The Kier molecular flexibility index (Phi) is 7.18. The van der Waals surface area contributed by atoms with Gasteiger partial charge in [-0.15, -0.1) is 0 Å². The Hall–Kier alpha value is -2.85. The first kappa shape index (κ1) is 21.5. The topological polar surface area (TPSA) is 81.5 Å². The predicted molar refractivity (Wildman–Crippen MR) is 109 cm³/mol. The van der Waals surface area contributed by atoms with E-state index < -0.39 is 10.0 Å². The Morgan fingerprint density at radius 1 is 0.964 bits per heavy atom. The summed E-state index contributed by atoms with van der Waals surface area (Å²) >= 11 is 0. The number of nitrogens with zero attached hydrogens (tertiary/aromatic N) is 3. The molecule has 2 aromatic rings. The minimum atomic E-state index is -3.81. The summed E-state index contributed by atoms with van der Waals surface area (Å²) in [6.07, 6.45) is 0.270. The van der Waals surface area contributed by atoms with Crippen LogP contribution in [0.25, 0.3) is 0 Å². The number of amides is 1. The lowest BCUT2D eigenvalue weighted by molar-refractivity contribution is -0.129. The minimum absolute atomic E-state index is 0.0228. The molecule has 0 saturated carbocycles. The van der Waals surface area contributed by atoms with E-state index >= 15 is 0 Å². The molecule has 28 heavy (non-hydrogen) atoms. The van der Waals surface area contributed by atoms with Gasteiger partial charge in [0.25, 0.3) is 10.0 Å². The van der Waals surface area contributed by atoms with Gasteiger partial charge in [0.2, 0.25) is 5.91 Å². The second-order valence-electron chi connectivity index (χ2n) is 6.70. The van der Waals surface area contributed by atoms with Gasteiger partial charge in [0.1, 0.15) is 0 Å². The Morgan fingerprint density at radius 2 is 1.50 bits per heavy atom. The van der Waals surface area contributed by atoms with Crippen LogP contribution in [0, 0.1) is 25.2 Å². The zero-order valence-electron chi connectivity index (χ0n) is 16.4. The van der Waals surface area contributed by atoms with Crippen molar-refractivity contribution >= 4 is 21.6 Å². The molecular weight excluding hydrogens is 374 g/mol. The third-order valence-corrected chi connectivity index (χ3v) is 6.29. The molecule has 0 heterocycles. The number of rotatable bonds is 8. The van der Waals surface area contributed by atoms with Crippen LogP contribution in [0.5, 0.6) is 0 Å². The average molecular weight is 400 g/mol. The van der Waals surface area contributed by atoms with Crippen LogP contribution in [0.4, 0.5) is 5.69 Å². The van der Waals surface area contributed by atoms with E-state index in [-0.39, 0.29) is 30.2 Å². The number of aryl methyl sites for hydroxylation is 2. The highest BCUT2D eigenvalue weighted by molar-refractivity contribution is 7.92. The summed E-state index contributed by atoms with van der Waals surface area (Å²) in [4.78, 5) is 14.0. The summed E-state index contributed by atoms with van der Waals surface area (Å²) in [5.74, 6) is -0.202. The number of benzene rings is 2. The molecular formula is C21H25N3O3S. The Bertz CT molecular complexity index is 946. The summed E-state index contributed by atoms with van der Waals surface area (Å²) in [5, 5.41) is 8.66. The van der Waals surface area contributed by atoms with Gasteiger partial charge < -0.3 is 4.90 Å². The predicted octanol–water partition coefficient (Wildman–Crippen LogP) is 3.26. The molecule has 0 fully saturated rings. The maximum absolute atomic E-state index is 13.2. The van der Waals surface area contributed by atoms with Gasteiger partial charge in [-0.1, -0.05) is 35.4 Å². The van der Waals surface area contributed by atoms with Gasteiger partial charge in [-0.05, 0) is 38.1 Å². The monoisotopic (exact) mass is 399 g/mol. The molecule has 2 aromatic carbocycles. The largest absolute Gasteiger partial charge is 0.345 e. The molecule has 0 bridgehead atoms. The zero-order valence-corrected chi connectivity index (χ0v) is 17.2. The lowest BCUT2D eigenvalue weighted by Gasteiger charge is -2.25. The van der Waals surface area contributed by atoms with E-state index in [0.29, 0.717) is 12.2 Å². The maximum Gasteiger partial charge on any atom is 0.264 e. The van der Waals surface area contributed by atoms with Crippen LogP contribution in [0.1, 0.15) is 24.0 Å². The molecule has 1 amide bonds. The van der Waals surface area contributed by atoms with Gasteiger partial charge in [0.15, 0.2) is 0 Å². The van der Waals surface area contributed by atoms with E-state index in [9.17, 15) is 13.2 Å². The second-order valence-corrected chi connectivity index (χ2v) is 8.56. The number of carbonyl (C=O) groups excluding carboxylic acids is 1. The van der Waals surface area contributed by atoms with E-state index in [1.165, 1.54) is 9.21 Å². The zero-order chi connectivity index (χ0) is 20.7. The van der Waals surface area contributed by atoms with Crippen LogP contribution in [0.15, 0.2) is 53.4 Å². The number of anilines is 1. The molecule has 148 valence electrons. The number of nitriles is 1. The molecule has 7 heteroatoms. The van der Waals surface area contributed by atoms with Crippen molar-refractivity contribution in [2.45, 2.75) is 31.6 Å². The van der Waals surface area contributed by atoms with Crippen molar-refractivity contribution in [1.82, 2.24) is 4.90 Å². The molecule has 6 nitrogen and oxygen atoms in total. The van der Waals surface area contributed by atoms with Gasteiger partial charge in [0, 0.05) is 26.6 Å². The molecule has 0 unspecified atom stereocenters. The van der Waals surface area contributed by atoms with Gasteiger partial charge in [-0.2, -0.15) is 5.26 Å². The summed E-state index contributed by atoms with van der Waals surface area (Å²) < 4.78 is 27.8. The number of hydrogen-bond acceptors (Lipinski definition) is 4. The molecule has 0 aromatic heterocycles. The molecule has 0 radical (unpaired) electrons. The fourth-order valence-electron chi connectivity index (χ4n) is 2.67. The summed E-state index contributed by atoms with van der Waals surface area (Å²) in [7, 11) is -2.20. The molecule has 0 saturated heterocycles. The highest BCUT2D eigenvalue weighted by Gasteiger charge is 2.26. The van der Waals surface area contributed by atoms with E-state index in [0.717, 1.165) is 11.1 Å². The van der Waals surface area contributed by atoms with Crippen molar-refractivity contribution in [3.05, 3.63) is 59.7 Å². The van der Waals surface area contributed by atoms with Crippen LogP contribution in [-0.2, 0) is 14.8 Å².